The summed E-state index contributed by atoms with van der Waals surface area (Å²) in [6.07, 6.45) is 7.17. The Morgan fingerprint density at radius 1 is 1.06 bits per heavy atom. The predicted molar refractivity (Wildman–Crippen MR) is 121 cm³/mol. The molecule has 2 aromatic heterocycles. The minimum Gasteiger partial charge on any atom is -0.351 e. The number of amides is 1. The van der Waals surface area contributed by atoms with Gasteiger partial charge in [0.2, 0.25) is 5.91 Å². The van der Waals surface area contributed by atoms with Gasteiger partial charge in [0.15, 0.2) is 5.16 Å². The van der Waals surface area contributed by atoms with E-state index in [4.69, 9.17) is 0 Å². The Labute approximate surface area is 185 Å². The number of benzene rings is 2. The molecular weight excluding hydrogens is 408 g/mol. The number of rotatable bonds is 8. The summed E-state index contributed by atoms with van der Waals surface area (Å²) in [6.45, 7) is 5.40. The largest absolute Gasteiger partial charge is 0.351 e. The number of hydrogen-bond acceptors (Lipinski definition) is 5. The fourth-order valence-electron chi connectivity index (χ4n) is 3.19. The van der Waals surface area contributed by atoms with Gasteiger partial charge in [-0.05, 0) is 48.2 Å². The molecule has 0 unspecified atom stereocenters. The molecule has 0 bridgehead atoms. The lowest BCUT2D eigenvalue weighted by molar-refractivity contribution is -0.118. The Balaban J connectivity index is 1.31. The quantitative estimate of drug-likeness (QED) is 0.431. The van der Waals surface area contributed by atoms with Crippen LogP contribution in [0.2, 0.25) is 0 Å². The molecule has 0 aliphatic heterocycles. The topological polar surface area (TPSA) is 77.6 Å². The normalized spacial score (nSPS) is 10.9. The maximum Gasteiger partial charge on any atom is 0.230 e. The molecule has 2 heterocycles. The third kappa shape index (κ3) is 5.40. The molecule has 4 aromatic rings. The fourth-order valence-corrected chi connectivity index (χ4v) is 3.94. The van der Waals surface area contributed by atoms with Crippen molar-refractivity contribution >= 4 is 17.7 Å². The first kappa shape index (κ1) is 20.9. The van der Waals surface area contributed by atoms with Crippen molar-refractivity contribution in [1.82, 2.24) is 29.6 Å². The van der Waals surface area contributed by atoms with Gasteiger partial charge in [-0.25, -0.2) is 4.98 Å². The second-order valence-corrected chi connectivity index (χ2v) is 8.31. The molecule has 0 radical (unpaired) electrons. The molecule has 0 saturated carbocycles. The Morgan fingerprint density at radius 2 is 1.94 bits per heavy atom. The minimum absolute atomic E-state index is 0.0420. The summed E-state index contributed by atoms with van der Waals surface area (Å²) in [7, 11) is 0. The number of aromatic nitrogens is 5. The van der Waals surface area contributed by atoms with Crippen molar-refractivity contribution in [3.05, 3.63) is 89.8 Å². The second kappa shape index (κ2) is 9.61. The van der Waals surface area contributed by atoms with Crippen molar-refractivity contribution < 1.29 is 4.79 Å². The zero-order chi connectivity index (χ0) is 21.6. The lowest BCUT2D eigenvalue weighted by Gasteiger charge is -2.09. The van der Waals surface area contributed by atoms with Gasteiger partial charge < -0.3 is 9.88 Å². The van der Waals surface area contributed by atoms with Crippen LogP contribution in [0.5, 0.6) is 0 Å². The number of thioether (sulfide) groups is 1. The number of aryl methyl sites for hydroxylation is 2. The van der Waals surface area contributed by atoms with Gasteiger partial charge in [0.1, 0.15) is 6.33 Å². The van der Waals surface area contributed by atoms with E-state index in [0.29, 0.717) is 11.7 Å². The Kier molecular flexibility index (Phi) is 6.47. The van der Waals surface area contributed by atoms with Crippen molar-refractivity contribution in [3.63, 3.8) is 0 Å². The summed E-state index contributed by atoms with van der Waals surface area (Å²) >= 11 is 1.37. The smallest absolute Gasteiger partial charge is 0.230 e. The van der Waals surface area contributed by atoms with Crippen LogP contribution in [0.1, 0.15) is 22.3 Å². The van der Waals surface area contributed by atoms with E-state index in [2.05, 4.69) is 58.6 Å². The maximum absolute atomic E-state index is 12.4. The van der Waals surface area contributed by atoms with Gasteiger partial charge in [0, 0.05) is 31.2 Å². The number of imidazole rings is 1. The van der Waals surface area contributed by atoms with Gasteiger partial charge in [-0.2, -0.15) is 0 Å². The number of nitrogens with zero attached hydrogens (tertiary/aromatic N) is 5. The molecular formula is C23H24N6OS. The molecule has 2 aromatic carbocycles. The van der Waals surface area contributed by atoms with E-state index in [0.717, 1.165) is 17.8 Å². The van der Waals surface area contributed by atoms with Crippen LogP contribution < -0.4 is 5.32 Å². The molecule has 0 atom stereocenters. The number of nitrogens with one attached hydrogen (secondary N) is 1. The van der Waals surface area contributed by atoms with Crippen molar-refractivity contribution in [2.24, 2.45) is 0 Å². The maximum atomic E-state index is 12.4. The van der Waals surface area contributed by atoms with E-state index in [9.17, 15) is 4.79 Å². The molecule has 1 N–H and O–H groups in total. The lowest BCUT2D eigenvalue weighted by Crippen LogP contribution is -2.24. The average molecular weight is 433 g/mol. The van der Waals surface area contributed by atoms with Crippen LogP contribution in [0, 0.1) is 13.8 Å². The van der Waals surface area contributed by atoms with Crippen LogP contribution in [0.3, 0.4) is 0 Å². The molecule has 0 aliphatic rings. The van der Waals surface area contributed by atoms with Crippen molar-refractivity contribution in [3.8, 4) is 5.69 Å². The summed E-state index contributed by atoms with van der Waals surface area (Å²) in [5.74, 6) is 0.234. The molecule has 0 fully saturated rings. The average Bonchev–Trinajstić information content (AvgIpc) is 3.45. The number of carbonyl (C=O) groups is 1. The van der Waals surface area contributed by atoms with Crippen LogP contribution in [0.25, 0.3) is 5.69 Å². The number of carbonyl (C=O) groups excluding carboxylic acids is 1. The summed E-state index contributed by atoms with van der Waals surface area (Å²) in [6, 6.07) is 14.4. The summed E-state index contributed by atoms with van der Waals surface area (Å²) in [4.78, 5) is 16.5. The monoisotopic (exact) mass is 432 g/mol. The van der Waals surface area contributed by atoms with Crippen molar-refractivity contribution in [2.45, 2.75) is 32.1 Å². The van der Waals surface area contributed by atoms with E-state index in [1.165, 1.54) is 28.5 Å². The zero-order valence-electron chi connectivity index (χ0n) is 17.5. The summed E-state index contributed by atoms with van der Waals surface area (Å²) in [5, 5.41) is 11.9. The molecule has 31 heavy (non-hydrogen) atoms. The van der Waals surface area contributed by atoms with E-state index in [1.807, 2.05) is 33.5 Å². The van der Waals surface area contributed by atoms with Gasteiger partial charge >= 0.3 is 0 Å². The van der Waals surface area contributed by atoms with Crippen molar-refractivity contribution in [2.75, 3.05) is 5.75 Å². The van der Waals surface area contributed by atoms with Gasteiger partial charge in [-0.3, -0.25) is 9.36 Å². The van der Waals surface area contributed by atoms with Crippen LogP contribution in [-0.4, -0.2) is 36.0 Å². The Hall–Kier alpha value is -3.39. The molecule has 0 spiro atoms. The zero-order valence-corrected chi connectivity index (χ0v) is 18.3. The predicted octanol–water partition coefficient (Wildman–Crippen LogP) is 3.54. The van der Waals surface area contributed by atoms with Crippen LogP contribution in [0.15, 0.2) is 72.7 Å². The molecule has 7 nitrogen and oxygen atoms in total. The van der Waals surface area contributed by atoms with Gasteiger partial charge in [0.25, 0.3) is 0 Å². The fraction of sp³-hybridized carbons (Fsp3) is 0.217. The van der Waals surface area contributed by atoms with Crippen LogP contribution in [-0.2, 0) is 17.9 Å². The Bertz CT molecular complexity index is 1170. The van der Waals surface area contributed by atoms with Crippen LogP contribution in [0.4, 0.5) is 0 Å². The first-order valence-corrected chi connectivity index (χ1v) is 11.0. The highest BCUT2D eigenvalue weighted by Crippen LogP contribution is 2.21. The number of hydrogen-bond donors (Lipinski definition) is 1. The molecule has 4 rings (SSSR count). The SMILES string of the molecule is Cc1ccc(-n2cnnc2SCC(=O)NCc2cccc(Cn3ccnc3)c2)cc1C. The summed E-state index contributed by atoms with van der Waals surface area (Å²) in [5.41, 5.74) is 5.66. The van der Waals surface area contributed by atoms with Gasteiger partial charge in [0.05, 0.1) is 12.1 Å². The first-order chi connectivity index (χ1) is 15.1. The highest BCUT2D eigenvalue weighted by Gasteiger charge is 2.11. The minimum atomic E-state index is -0.0420. The van der Waals surface area contributed by atoms with E-state index in [1.54, 1.807) is 18.9 Å². The van der Waals surface area contributed by atoms with Crippen molar-refractivity contribution in [1.29, 1.82) is 0 Å². The van der Waals surface area contributed by atoms with Gasteiger partial charge in [-0.1, -0.05) is 42.1 Å². The van der Waals surface area contributed by atoms with E-state index >= 15 is 0 Å². The van der Waals surface area contributed by atoms with E-state index in [-0.39, 0.29) is 11.7 Å². The standard InChI is InChI=1S/C23H24N6OS/c1-17-6-7-21(10-18(17)2)29-16-26-27-23(29)31-14-22(30)25-12-19-4-3-5-20(11-19)13-28-9-8-24-15-28/h3-11,15-16H,12-14H2,1-2H3,(H,25,30). The molecule has 1 amide bonds. The highest BCUT2D eigenvalue weighted by atomic mass is 32.2. The Morgan fingerprint density at radius 3 is 2.74 bits per heavy atom. The van der Waals surface area contributed by atoms with Crippen LogP contribution >= 0.6 is 11.8 Å². The highest BCUT2D eigenvalue weighted by molar-refractivity contribution is 7.99. The molecule has 158 valence electrons. The molecule has 8 heteroatoms. The molecule has 0 saturated heterocycles. The summed E-state index contributed by atoms with van der Waals surface area (Å²) < 4.78 is 3.92. The molecule has 0 aliphatic carbocycles. The van der Waals surface area contributed by atoms with Gasteiger partial charge in [-0.15, -0.1) is 10.2 Å². The third-order valence-electron chi connectivity index (χ3n) is 5.02. The third-order valence-corrected chi connectivity index (χ3v) is 5.97. The first-order valence-electron chi connectivity index (χ1n) is 9.99. The van der Waals surface area contributed by atoms with E-state index < -0.39 is 0 Å². The lowest BCUT2D eigenvalue weighted by atomic mass is 10.1. The second-order valence-electron chi connectivity index (χ2n) is 7.37.